The molecule has 2 fully saturated rings. The topological polar surface area (TPSA) is 46.3 Å². The van der Waals surface area contributed by atoms with E-state index in [0.717, 1.165) is 48.6 Å². The monoisotopic (exact) mass is 349 g/mol. The smallest absolute Gasteiger partial charge is 0.280 e. The molecule has 1 saturated heterocycles. The fraction of sp³-hybridized carbons (Fsp3) is 0.722. The van der Waals surface area contributed by atoms with Crippen LogP contribution in [0.25, 0.3) is 5.78 Å². The Morgan fingerprint density at radius 1 is 1.12 bits per heavy atom. The number of aromatic nitrogens is 4. The van der Waals surface area contributed by atoms with Gasteiger partial charge in [0.1, 0.15) is 12.0 Å². The summed E-state index contributed by atoms with van der Waals surface area (Å²) >= 11 is 0. The Morgan fingerprint density at radius 2 is 1.96 bits per heavy atom. The van der Waals surface area contributed by atoms with Crippen LogP contribution in [0.5, 0.6) is 0 Å². The second kappa shape index (κ2) is 7.32. The van der Waals surface area contributed by atoms with Crippen molar-refractivity contribution in [2.45, 2.75) is 57.3 Å². The lowest BCUT2D eigenvalue weighted by Gasteiger charge is -2.36. The van der Waals surface area contributed by atoms with Gasteiger partial charge in [-0.15, -0.1) is 0 Å². The third-order valence-corrected chi connectivity index (χ3v) is 5.69. The van der Waals surface area contributed by atoms with Crippen molar-refractivity contribution in [2.24, 2.45) is 5.92 Å². The van der Waals surface area contributed by atoms with E-state index in [1.54, 1.807) is 0 Å². The van der Waals surface area contributed by atoms with E-state index in [-0.39, 0.29) is 17.4 Å². The first-order chi connectivity index (χ1) is 12.2. The van der Waals surface area contributed by atoms with E-state index in [1.807, 2.05) is 0 Å². The van der Waals surface area contributed by atoms with E-state index in [1.165, 1.54) is 44.5 Å². The van der Waals surface area contributed by atoms with Crippen LogP contribution in [0.3, 0.4) is 0 Å². The minimum atomic E-state index is -2.58. The Morgan fingerprint density at radius 3 is 2.76 bits per heavy atom. The standard InChI is InChI=1S/C18H25F2N5/c19-17(20)16-9-15(23-18-21-12-22-25(16)18)14-7-4-8-24(11-14)10-13-5-2-1-3-6-13/h9,12-14,17H,1-8,10-11H2. The average molecular weight is 349 g/mol. The molecule has 1 saturated carbocycles. The summed E-state index contributed by atoms with van der Waals surface area (Å²) in [5, 5.41) is 3.87. The molecule has 1 aliphatic carbocycles. The van der Waals surface area contributed by atoms with Crippen LogP contribution in [-0.2, 0) is 0 Å². The van der Waals surface area contributed by atoms with Gasteiger partial charge in [0, 0.05) is 19.0 Å². The van der Waals surface area contributed by atoms with Crippen molar-refractivity contribution in [1.82, 2.24) is 24.5 Å². The van der Waals surface area contributed by atoms with Crippen LogP contribution < -0.4 is 0 Å². The van der Waals surface area contributed by atoms with Crippen molar-refractivity contribution in [3.8, 4) is 0 Å². The van der Waals surface area contributed by atoms with Crippen molar-refractivity contribution >= 4 is 5.78 Å². The predicted octanol–water partition coefficient (Wildman–Crippen LogP) is 3.82. The number of likely N-dealkylation sites (tertiary alicyclic amines) is 1. The summed E-state index contributed by atoms with van der Waals surface area (Å²) in [6.07, 6.45) is 7.55. The molecule has 136 valence electrons. The first-order valence-electron chi connectivity index (χ1n) is 9.42. The van der Waals surface area contributed by atoms with Gasteiger partial charge in [-0.1, -0.05) is 19.3 Å². The van der Waals surface area contributed by atoms with Gasteiger partial charge in [-0.2, -0.15) is 14.6 Å². The van der Waals surface area contributed by atoms with Crippen molar-refractivity contribution in [2.75, 3.05) is 19.6 Å². The third-order valence-electron chi connectivity index (χ3n) is 5.69. The van der Waals surface area contributed by atoms with Gasteiger partial charge >= 0.3 is 0 Å². The molecule has 0 bridgehead atoms. The molecule has 1 unspecified atom stereocenters. The van der Waals surface area contributed by atoms with Gasteiger partial charge in [0.2, 0.25) is 0 Å². The van der Waals surface area contributed by atoms with Crippen molar-refractivity contribution in [3.63, 3.8) is 0 Å². The normalized spacial score (nSPS) is 23.6. The summed E-state index contributed by atoms with van der Waals surface area (Å²) in [6, 6.07) is 1.53. The van der Waals surface area contributed by atoms with Crippen LogP contribution in [0.15, 0.2) is 12.4 Å². The summed E-state index contributed by atoms with van der Waals surface area (Å²) in [7, 11) is 0. The van der Waals surface area contributed by atoms with Crippen LogP contribution >= 0.6 is 0 Å². The fourth-order valence-electron chi connectivity index (χ4n) is 4.42. The second-order valence-corrected chi connectivity index (χ2v) is 7.48. The summed E-state index contributed by atoms with van der Waals surface area (Å²) in [6.45, 7) is 3.17. The molecule has 4 rings (SSSR count). The fourth-order valence-corrected chi connectivity index (χ4v) is 4.42. The van der Waals surface area contributed by atoms with Crippen LogP contribution in [0, 0.1) is 5.92 Å². The Balaban J connectivity index is 1.51. The highest BCUT2D eigenvalue weighted by Gasteiger charge is 2.27. The van der Waals surface area contributed by atoms with E-state index >= 15 is 0 Å². The molecule has 7 heteroatoms. The van der Waals surface area contributed by atoms with E-state index < -0.39 is 6.43 Å². The second-order valence-electron chi connectivity index (χ2n) is 7.48. The number of hydrogen-bond donors (Lipinski definition) is 0. The predicted molar refractivity (Wildman–Crippen MR) is 90.7 cm³/mol. The number of hydrogen-bond acceptors (Lipinski definition) is 4. The molecule has 1 atom stereocenters. The zero-order valence-electron chi connectivity index (χ0n) is 14.4. The zero-order chi connectivity index (χ0) is 17.2. The summed E-state index contributed by atoms with van der Waals surface area (Å²) in [5.74, 6) is 1.28. The Bertz CT molecular complexity index is 711. The zero-order valence-corrected chi connectivity index (χ0v) is 14.4. The summed E-state index contributed by atoms with van der Waals surface area (Å²) in [5.41, 5.74) is 0.631. The molecule has 0 N–H and O–H groups in total. The van der Waals surface area contributed by atoms with Gasteiger partial charge in [0.15, 0.2) is 0 Å². The number of nitrogens with zero attached hydrogens (tertiary/aromatic N) is 5. The van der Waals surface area contributed by atoms with Crippen LogP contribution in [-0.4, -0.2) is 44.1 Å². The third kappa shape index (κ3) is 3.66. The minimum Gasteiger partial charge on any atom is -0.302 e. The lowest BCUT2D eigenvalue weighted by atomic mass is 9.87. The maximum atomic E-state index is 13.4. The molecule has 25 heavy (non-hydrogen) atoms. The number of halogens is 2. The molecule has 2 aromatic rings. The lowest BCUT2D eigenvalue weighted by molar-refractivity contribution is 0.142. The molecule has 3 heterocycles. The first-order valence-corrected chi connectivity index (χ1v) is 9.42. The van der Waals surface area contributed by atoms with E-state index in [2.05, 4.69) is 20.0 Å². The van der Waals surface area contributed by atoms with Crippen molar-refractivity contribution < 1.29 is 8.78 Å². The largest absolute Gasteiger partial charge is 0.302 e. The van der Waals surface area contributed by atoms with E-state index in [9.17, 15) is 8.78 Å². The van der Waals surface area contributed by atoms with Crippen LogP contribution in [0.2, 0.25) is 0 Å². The average Bonchev–Trinajstić information content (AvgIpc) is 3.10. The highest BCUT2D eigenvalue weighted by molar-refractivity contribution is 5.32. The molecular formula is C18H25F2N5. The van der Waals surface area contributed by atoms with Gasteiger partial charge in [-0.3, -0.25) is 0 Å². The summed E-state index contributed by atoms with van der Waals surface area (Å²) in [4.78, 5) is 11.1. The number of alkyl halides is 2. The molecule has 0 radical (unpaired) electrons. The highest BCUT2D eigenvalue weighted by Crippen LogP contribution is 2.31. The number of piperidine rings is 1. The molecule has 1 aliphatic heterocycles. The first kappa shape index (κ1) is 16.8. The molecule has 0 aromatic carbocycles. The highest BCUT2D eigenvalue weighted by atomic mass is 19.3. The minimum absolute atomic E-state index is 0.109. The Labute approximate surface area is 146 Å². The van der Waals surface area contributed by atoms with Gasteiger partial charge in [0.05, 0.1) is 5.69 Å². The lowest BCUT2D eigenvalue weighted by Crippen LogP contribution is -2.38. The van der Waals surface area contributed by atoms with E-state index in [4.69, 9.17) is 0 Å². The molecule has 0 amide bonds. The molecule has 2 aromatic heterocycles. The van der Waals surface area contributed by atoms with Gasteiger partial charge in [0.25, 0.3) is 12.2 Å². The van der Waals surface area contributed by atoms with Gasteiger partial charge < -0.3 is 4.90 Å². The van der Waals surface area contributed by atoms with E-state index in [0.29, 0.717) is 0 Å². The quantitative estimate of drug-likeness (QED) is 0.842. The maximum Gasteiger partial charge on any atom is 0.280 e. The molecule has 2 aliphatic rings. The molecule has 5 nitrogen and oxygen atoms in total. The Kier molecular flexibility index (Phi) is 4.92. The van der Waals surface area contributed by atoms with Crippen LogP contribution in [0.1, 0.15) is 68.7 Å². The SMILES string of the molecule is FC(F)c1cc(C2CCCN(CC3CCCCC3)C2)nc2ncnn12. The van der Waals surface area contributed by atoms with Gasteiger partial charge in [-0.25, -0.2) is 13.8 Å². The molecule has 0 spiro atoms. The molecular weight excluding hydrogens is 324 g/mol. The number of rotatable bonds is 4. The Hall–Kier alpha value is -1.63. The maximum absolute atomic E-state index is 13.4. The van der Waals surface area contributed by atoms with Crippen molar-refractivity contribution in [1.29, 1.82) is 0 Å². The summed E-state index contributed by atoms with van der Waals surface area (Å²) < 4.78 is 27.9. The van der Waals surface area contributed by atoms with Crippen LogP contribution in [0.4, 0.5) is 8.78 Å². The number of fused-ring (bicyclic) bond motifs is 1. The van der Waals surface area contributed by atoms with Gasteiger partial charge in [-0.05, 0) is 44.2 Å². The van der Waals surface area contributed by atoms with Crippen molar-refractivity contribution in [3.05, 3.63) is 23.8 Å².